The van der Waals surface area contributed by atoms with E-state index in [1.165, 1.54) is 11.1 Å². The first-order chi connectivity index (χ1) is 14.4. The predicted octanol–water partition coefficient (Wildman–Crippen LogP) is 4.86. The Kier molecular flexibility index (Phi) is 6.75. The molecule has 0 aliphatic heterocycles. The number of carbonyl (C=O) groups excluding carboxylic acids is 2. The molecule has 0 aliphatic rings. The number of halogens is 2. The molecule has 3 aromatic carbocycles. The summed E-state index contributed by atoms with van der Waals surface area (Å²) in [4.78, 5) is 23.9. The van der Waals surface area contributed by atoms with Gasteiger partial charge >= 0.3 is 6.03 Å². The molecule has 0 bridgehead atoms. The molecule has 0 saturated heterocycles. The lowest BCUT2D eigenvalue weighted by Gasteiger charge is -2.10. The van der Waals surface area contributed by atoms with Gasteiger partial charge in [-0.25, -0.2) is 13.6 Å². The highest BCUT2D eigenvalue weighted by molar-refractivity contribution is 6.08. The van der Waals surface area contributed by atoms with Gasteiger partial charge in [-0.2, -0.15) is 0 Å². The zero-order chi connectivity index (χ0) is 21.5. The Hall–Kier alpha value is -3.74. The van der Waals surface area contributed by atoms with Gasteiger partial charge in [0.15, 0.2) is 0 Å². The molecule has 0 unspecified atom stereocenters. The molecule has 3 aromatic rings. The normalized spacial score (nSPS) is 10.4. The number of carbonyl (C=O) groups is 2. The van der Waals surface area contributed by atoms with Crippen LogP contribution in [0.25, 0.3) is 0 Å². The van der Waals surface area contributed by atoms with E-state index < -0.39 is 29.1 Å². The van der Waals surface area contributed by atoms with Gasteiger partial charge in [-0.3, -0.25) is 10.1 Å². The van der Waals surface area contributed by atoms with Crippen molar-refractivity contribution in [2.24, 2.45) is 0 Å². The van der Waals surface area contributed by atoms with Crippen LogP contribution >= 0.6 is 0 Å². The molecule has 0 heterocycles. The first-order valence-corrected chi connectivity index (χ1v) is 9.27. The van der Waals surface area contributed by atoms with E-state index in [4.69, 9.17) is 4.74 Å². The van der Waals surface area contributed by atoms with Crippen molar-refractivity contribution in [3.63, 3.8) is 0 Å². The van der Waals surface area contributed by atoms with Gasteiger partial charge in [0.25, 0.3) is 5.91 Å². The Morgan fingerprint density at radius 2 is 1.53 bits per heavy atom. The largest absolute Gasteiger partial charge is 0.493 e. The van der Waals surface area contributed by atoms with Gasteiger partial charge in [-0.05, 0) is 48.9 Å². The molecule has 0 fully saturated rings. The highest BCUT2D eigenvalue weighted by atomic mass is 19.1. The summed E-state index contributed by atoms with van der Waals surface area (Å²) in [6.07, 6.45) is 0.761. The molecule has 5 nitrogen and oxygen atoms in total. The van der Waals surface area contributed by atoms with Crippen molar-refractivity contribution in [3.05, 3.63) is 95.1 Å². The number of rotatable bonds is 6. The van der Waals surface area contributed by atoms with Crippen LogP contribution in [0.3, 0.4) is 0 Å². The number of hydrogen-bond acceptors (Lipinski definition) is 3. The van der Waals surface area contributed by atoms with E-state index in [0.29, 0.717) is 18.0 Å². The lowest BCUT2D eigenvalue weighted by atomic mass is 10.1. The average molecular weight is 410 g/mol. The standard InChI is InChI=1S/C23H20F2N2O3/c1-15-5-7-16(8-6-15)13-14-30-18-11-9-17(10-12-18)26-23(29)27-22(28)21-19(24)3-2-4-20(21)25/h2-12H,13-14H2,1H3,(H2,26,27,28,29). The number of urea groups is 1. The minimum absolute atomic E-state index is 0.389. The SMILES string of the molecule is Cc1ccc(CCOc2ccc(NC(=O)NC(=O)c3c(F)cccc3F)cc2)cc1. The highest BCUT2D eigenvalue weighted by Crippen LogP contribution is 2.17. The second kappa shape index (κ2) is 9.65. The number of benzene rings is 3. The third kappa shape index (κ3) is 5.64. The van der Waals surface area contributed by atoms with E-state index >= 15 is 0 Å². The van der Waals surface area contributed by atoms with Crippen molar-refractivity contribution in [2.45, 2.75) is 13.3 Å². The molecule has 30 heavy (non-hydrogen) atoms. The van der Waals surface area contributed by atoms with E-state index in [1.807, 2.05) is 24.4 Å². The number of anilines is 1. The van der Waals surface area contributed by atoms with Crippen molar-refractivity contribution in [3.8, 4) is 5.75 Å². The summed E-state index contributed by atoms with van der Waals surface area (Å²) in [5.41, 5.74) is 1.95. The summed E-state index contributed by atoms with van der Waals surface area (Å²) in [5, 5.41) is 4.32. The fraction of sp³-hybridized carbons (Fsp3) is 0.130. The molecule has 0 aliphatic carbocycles. The van der Waals surface area contributed by atoms with Crippen LogP contribution in [0, 0.1) is 18.6 Å². The molecule has 2 N–H and O–H groups in total. The smallest absolute Gasteiger partial charge is 0.326 e. The van der Waals surface area contributed by atoms with E-state index in [-0.39, 0.29) is 0 Å². The quantitative estimate of drug-likeness (QED) is 0.610. The zero-order valence-electron chi connectivity index (χ0n) is 16.2. The van der Waals surface area contributed by atoms with Crippen LogP contribution < -0.4 is 15.4 Å². The minimum atomic E-state index is -1.17. The van der Waals surface area contributed by atoms with Gasteiger partial charge in [-0.1, -0.05) is 35.9 Å². The highest BCUT2D eigenvalue weighted by Gasteiger charge is 2.19. The second-order valence-corrected chi connectivity index (χ2v) is 6.61. The van der Waals surface area contributed by atoms with Crippen LogP contribution in [0.2, 0.25) is 0 Å². The van der Waals surface area contributed by atoms with Crippen LogP contribution in [0.5, 0.6) is 5.75 Å². The van der Waals surface area contributed by atoms with E-state index in [9.17, 15) is 18.4 Å². The van der Waals surface area contributed by atoms with E-state index in [2.05, 4.69) is 17.4 Å². The van der Waals surface area contributed by atoms with E-state index in [0.717, 1.165) is 24.6 Å². The van der Waals surface area contributed by atoms with Crippen molar-refractivity contribution in [1.29, 1.82) is 0 Å². The molecule has 154 valence electrons. The molecule has 0 spiro atoms. The van der Waals surface area contributed by atoms with E-state index in [1.54, 1.807) is 24.3 Å². The van der Waals surface area contributed by atoms with Gasteiger partial charge < -0.3 is 10.1 Å². The number of aryl methyl sites for hydroxylation is 1. The molecule has 0 saturated carbocycles. The Labute approximate surface area is 172 Å². The molecule has 7 heteroatoms. The van der Waals surface area contributed by atoms with Crippen LogP contribution in [0.4, 0.5) is 19.3 Å². The van der Waals surface area contributed by atoms with Gasteiger partial charge in [0.1, 0.15) is 22.9 Å². The molecule has 0 atom stereocenters. The molecule has 0 radical (unpaired) electrons. The van der Waals surface area contributed by atoms with Crippen molar-refractivity contribution in [2.75, 3.05) is 11.9 Å². The summed E-state index contributed by atoms with van der Waals surface area (Å²) < 4.78 is 32.9. The molecular weight excluding hydrogens is 390 g/mol. The third-order valence-electron chi connectivity index (χ3n) is 4.31. The van der Waals surface area contributed by atoms with Crippen LogP contribution in [-0.2, 0) is 6.42 Å². The fourth-order valence-corrected chi connectivity index (χ4v) is 2.72. The maximum Gasteiger partial charge on any atom is 0.326 e. The van der Waals surface area contributed by atoms with Crippen LogP contribution in [0.15, 0.2) is 66.7 Å². The average Bonchev–Trinajstić information content (AvgIpc) is 2.70. The lowest BCUT2D eigenvalue weighted by molar-refractivity contribution is 0.0959. The number of ether oxygens (including phenoxy) is 1. The monoisotopic (exact) mass is 410 g/mol. The second-order valence-electron chi connectivity index (χ2n) is 6.61. The molecule has 0 aromatic heterocycles. The Morgan fingerprint density at radius 1 is 0.900 bits per heavy atom. The third-order valence-corrected chi connectivity index (χ3v) is 4.31. The molecular formula is C23H20F2N2O3. The summed E-state index contributed by atoms with van der Waals surface area (Å²) in [6.45, 7) is 2.53. The number of amides is 3. The summed E-state index contributed by atoms with van der Waals surface area (Å²) >= 11 is 0. The Balaban J connectivity index is 1.49. The van der Waals surface area contributed by atoms with Crippen molar-refractivity contribution >= 4 is 17.6 Å². The minimum Gasteiger partial charge on any atom is -0.493 e. The van der Waals surface area contributed by atoms with Gasteiger partial charge in [0.05, 0.1) is 6.61 Å². The van der Waals surface area contributed by atoms with Gasteiger partial charge in [0, 0.05) is 12.1 Å². The first-order valence-electron chi connectivity index (χ1n) is 9.27. The van der Waals surface area contributed by atoms with Crippen molar-refractivity contribution in [1.82, 2.24) is 5.32 Å². The van der Waals surface area contributed by atoms with Gasteiger partial charge in [-0.15, -0.1) is 0 Å². The van der Waals surface area contributed by atoms with Crippen molar-refractivity contribution < 1.29 is 23.1 Å². The number of imide groups is 1. The number of hydrogen-bond donors (Lipinski definition) is 2. The molecule has 3 amide bonds. The number of nitrogens with one attached hydrogen (secondary N) is 2. The topological polar surface area (TPSA) is 67.4 Å². The lowest BCUT2D eigenvalue weighted by Crippen LogP contribution is -2.35. The fourth-order valence-electron chi connectivity index (χ4n) is 2.72. The summed E-state index contributed by atoms with van der Waals surface area (Å²) in [5.74, 6) is -2.64. The summed E-state index contributed by atoms with van der Waals surface area (Å²) in [7, 11) is 0. The van der Waals surface area contributed by atoms with Crippen LogP contribution in [-0.4, -0.2) is 18.5 Å². The van der Waals surface area contributed by atoms with Crippen LogP contribution in [0.1, 0.15) is 21.5 Å². The first kappa shape index (κ1) is 21.0. The summed E-state index contributed by atoms with van der Waals surface area (Å²) in [6, 6.07) is 16.8. The maximum absolute atomic E-state index is 13.6. The predicted molar refractivity (Wildman–Crippen MR) is 110 cm³/mol. The van der Waals surface area contributed by atoms with Gasteiger partial charge in [0.2, 0.25) is 0 Å². The maximum atomic E-state index is 13.6. The molecule has 3 rings (SSSR count). The Bertz CT molecular complexity index is 1020. The zero-order valence-corrected chi connectivity index (χ0v) is 16.2. The Morgan fingerprint density at radius 3 is 2.17 bits per heavy atom.